The number of rotatable bonds is 7. The fourth-order valence-corrected chi connectivity index (χ4v) is 5.36. The third kappa shape index (κ3) is 3.93. The van der Waals surface area contributed by atoms with Gasteiger partial charge in [-0.3, -0.25) is 9.69 Å². The van der Waals surface area contributed by atoms with E-state index in [4.69, 9.17) is 9.47 Å². The molecular weight excluding hydrogens is 398 g/mol. The summed E-state index contributed by atoms with van der Waals surface area (Å²) >= 11 is 1.56. The van der Waals surface area contributed by atoms with Crippen LogP contribution in [0.25, 0.3) is 10.2 Å². The molecule has 3 aromatic rings. The first-order chi connectivity index (χ1) is 14.7. The van der Waals surface area contributed by atoms with E-state index in [1.54, 1.807) is 18.4 Å². The molecule has 7 heteroatoms. The van der Waals surface area contributed by atoms with Crippen LogP contribution in [0.1, 0.15) is 12.0 Å². The number of nitrogens with zero attached hydrogens (tertiary/aromatic N) is 3. The zero-order valence-electron chi connectivity index (χ0n) is 17.0. The Morgan fingerprint density at radius 2 is 1.97 bits per heavy atom. The van der Waals surface area contributed by atoms with Crippen molar-refractivity contribution in [1.29, 1.82) is 0 Å². The number of ether oxygens (including phenoxy) is 2. The van der Waals surface area contributed by atoms with Gasteiger partial charge in [0, 0.05) is 38.8 Å². The van der Waals surface area contributed by atoms with Gasteiger partial charge in [-0.05, 0) is 42.7 Å². The fourth-order valence-electron chi connectivity index (χ4n) is 4.53. The fraction of sp³-hybridized carbons (Fsp3) is 0.391. The molecule has 2 unspecified atom stereocenters. The third-order valence-corrected chi connectivity index (χ3v) is 6.95. The summed E-state index contributed by atoms with van der Waals surface area (Å²) in [6.45, 7) is 3.01. The van der Waals surface area contributed by atoms with Crippen LogP contribution in [0, 0.1) is 0 Å². The van der Waals surface area contributed by atoms with Crippen LogP contribution in [0.5, 0.6) is 10.9 Å². The molecule has 0 saturated carbocycles. The molecule has 0 radical (unpaired) electrons. The van der Waals surface area contributed by atoms with Gasteiger partial charge < -0.3 is 14.4 Å². The average Bonchev–Trinajstić information content (AvgIpc) is 3.46. The van der Waals surface area contributed by atoms with Gasteiger partial charge in [0.1, 0.15) is 12.4 Å². The highest BCUT2D eigenvalue weighted by Crippen LogP contribution is 2.32. The van der Waals surface area contributed by atoms with E-state index < -0.39 is 0 Å². The van der Waals surface area contributed by atoms with E-state index in [0.717, 1.165) is 48.4 Å². The van der Waals surface area contributed by atoms with Crippen molar-refractivity contribution in [2.24, 2.45) is 0 Å². The van der Waals surface area contributed by atoms with Crippen LogP contribution in [0.2, 0.25) is 0 Å². The Morgan fingerprint density at radius 1 is 1.13 bits per heavy atom. The van der Waals surface area contributed by atoms with Gasteiger partial charge in [0.05, 0.1) is 10.2 Å². The van der Waals surface area contributed by atoms with Gasteiger partial charge in [-0.1, -0.05) is 35.6 Å². The SMILES string of the molecule is COCC(=O)N1CC2CC1CN2CCc1ccc(Oc2nc3ccccc3s2)cc1. The first-order valence-corrected chi connectivity index (χ1v) is 11.2. The molecule has 3 heterocycles. The maximum atomic E-state index is 12.1. The quantitative estimate of drug-likeness (QED) is 0.582. The van der Waals surface area contributed by atoms with Crippen molar-refractivity contribution in [3.63, 3.8) is 0 Å². The van der Waals surface area contributed by atoms with Crippen LogP contribution in [0.3, 0.4) is 0 Å². The molecule has 2 atom stereocenters. The van der Waals surface area contributed by atoms with E-state index in [1.807, 2.05) is 35.2 Å². The molecule has 0 N–H and O–H groups in total. The highest BCUT2D eigenvalue weighted by atomic mass is 32.1. The van der Waals surface area contributed by atoms with E-state index in [2.05, 4.69) is 28.1 Å². The van der Waals surface area contributed by atoms with Crippen LogP contribution in [-0.2, 0) is 16.0 Å². The maximum Gasteiger partial charge on any atom is 0.279 e. The van der Waals surface area contributed by atoms with Crippen LogP contribution in [-0.4, -0.2) is 66.1 Å². The summed E-state index contributed by atoms with van der Waals surface area (Å²) in [5.74, 6) is 0.929. The summed E-state index contributed by atoms with van der Waals surface area (Å²) in [5, 5.41) is 0.671. The number of benzene rings is 2. The molecule has 2 aromatic carbocycles. The van der Waals surface area contributed by atoms with Gasteiger partial charge in [-0.15, -0.1) is 0 Å². The number of aromatic nitrogens is 1. The van der Waals surface area contributed by atoms with Crippen LogP contribution in [0.15, 0.2) is 48.5 Å². The molecule has 1 aromatic heterocycles. The molecule has 0 spiro atoms. The number of piperazine rings is 1. The molecule has 30 heavy (non-hydrogen) atoms. The molecular formula is C23H25N3O3S. The Bertz CT molecular complexity index is 1000. The second kappa shape index (κ2) is 8.34. The summed E-state index contributed by atoms with van der Waals surface area (Å²) in [5.41, 5.74) is 2.26. The standard InChI is InChI=1S/C23H25N3O3S/c1-28-15-22(27)26-14-17-12-18(26)13-25(17)11-10-16-6-8-19(9-7-16)29-23-24-20-4-2-3-5-21(20)30-23/h2-9,17-18H,10-15H2,1H3. The van der Waals surface area contributed by atoms with Crippen LogP contribution < -0.4 is 4.74 Å². The van der Waals surface area contributed by atoms with Gasteiger partial charge in [0.15, 0.2) is 0 Å². The maximum absolute atomic E-state index is 12.1. The second-order valence-corrected chi connectivity index (χ2v) is 8.95. The largest absolute Gasteiger partial charge is 0.431 e. The molecule has 0 aliphatic carbocycles. The minimum atomic E-state index is 0.119. The van der Waals surface area contributed by atoms with Gasteiger partial charge in [0.25, 0.3) is 5.19 Å². The Morgan fingerprint density at radius 3 is 2.70 bits per heavy atom. The zero-order chi connectivity index (χ0) is 20.5. The number of methoxy groups -OCH3 is 1. The lowest BCUT2D eigenvalue weighted by Gasteiger charge is -2.34. The highest BCUT2D eigenvalue weighted by molar-refractivity contribution is 7.20. The molecule has 2 bridgehead atoms. The third-order valence-electron chi connectivity index (χ3n) is 6.03. The molecule has 2 fully saturated rings. The normalized spacial score (nSPS) is 20.9. The second-order valence-electron chi connectivity index (χ2n) is 7.96. The van der Waals surface area contributed by atoms with Crippen LogP contribution >= 0.6 is 11.3 Å². The minimum absolute atomic E-state index is 0.119. The molecule has 2 saturated heterocycles. The zero-order valence-corrected chi connectivity index (χ0v) is 17.8. The molecule has 1 amide bonds. The smallest absolute Gasteiger partial charge is 0.279 e. The molecule has 156 valence electrons. The summed E-state index contributed by atoms with van der Waals surface area (Å²) in [4.78, 5) is 21.1. The predicted molar refractivity (Wildman–Crippen MR) is 117 cm³/mol. The Kier molecular flexibility index (Phi) is 5.41. The van der Waals surface area contributed by atoms with Gasteiger partial charge in [0.2, 0.25) is 5.91 Å². The van der Waals surface area contributed by atoms with Gasteiger partial charge in [-0.25, -0.2) is 4.98 Å². The number of likely N-dealkylation sites (tertiary alicyclic amines) is 2. The van der Waals surface area contributed by atoms with Crippen molar-refractivity contribution in [3.8, 4) is 10.9 Å². The first-order valence-electron chi connectivity index (χ1n) is 10.3. The van der Waals surface area contributed by atoms with E-state index in [1.165, 1.54) is 5.56 Å². The molecule has 2 aliphatic rings. The highest BCUT2D eigenvalue weighted by Gasteiger charge is 2.44. The van der Waals surface area contributed by atoms with Gasteiger partial charge in [-0.2, -0.15) is 0 Å². The first kappa shape index (κ1) is 19.5. The number of amides is 1. The Balaban J connectivity index is 1.13. The van der Waals surface area contributed by atoms with E-state index >= 15 is 0 Å². The summed E-state index contributed by atoms with van der Waals surface area (Å²) < 4.78 is 12.1. The van der Waals surface area contributed by atoms with Crippen molar-refractivity contribution in [2.75, 3.05) is 33.4 Å². The number of hydrogen-bond acceptors (Lipinski definition) is 6. The Labute approximate surface area is 180 Å². The average molecular weight is 424 g/mol. The van der Waals surface area contributed by atoms with E-state index in [0.29, 0.717) is 17.3 Å². The Hall–Kier alpha value is -2.48. The van der Waals surface area contributed by atoms with Crippen molar-refractivity contribution in [3.05, 3.63) is 54.1 Å². The van der Waals surface area contributed by atoms with Crippen molar-refractivity contribution < 1.29 is 14.3 Å². The lowest BCUT2D eigenvalue weighted by atomic mass is 10.1. The van der Waals surface area contributed by atoms with Gasteiger partial charge >= 0.3 is 0 Å². The monoisotopic (exact) mass is 423 g/mol. The van der Waals surface area contributed by atoms with Crippen molar-refractivity contribution in [2.45, 2.75) is 24.9 Å². The van der Waals surface area contributed by atoms with E-state index in [-0.39, 0.29) is 12.5 Å². The minimum Gasteiger partial charge on any atom is -0.431 e. The lowest BCUT2D eigenvalue weighted by Crippen LogP contribution is -2.50. The topological polar surface area (TPSA) is 54.9 Å². The number of thiazole rings is 1. The summed E-state index contributed by atoms with van der Waals surface area (Å²) in [6, 6.07) is 17.2. The number of hydrogen-bond donors (Lipinski definition) is 0. The van der Waals surface area contributed by atoms with Crippen molar-refractivity contribution in [1.82, 2.24) is 14.8 Å². The van der Waals surface area contributed by atoms with Crippen molar-refractivity contribution >= 4 is 27.5 Å². The summed E-state index contributed by atoms with van der Waals surface area (Å²) in [6.07, 6.45) is 2.08. The number of fused-ring (bicyclic) bond motifs is 3. The number of carbonyl (C=O) groups is 1. The molecule has 6 nitrogen and oxygen atoms in total. The van der Waals surface area contributed by atoms with E-state index in [9.17, 15) is 4.79 Å². The molecule has 2 aliphatic heterocycles. The van der Waals surface area contributed by atoms with Crippen LogP contribution in [0.4, 0.5) is 0 Å². The lowest BCUT2D eigenvalue weighted by molar-refractivity contribution is -0.137. The summed E-state index contributed by atoms with van der Waals surface area (Å²) in [7, 11) is 1.58. The number of para-hydroxylation sites is 1. The predicted octanol–water partition coefficient (Wildman–Crippen LogP) is 3.56. The number of carbonyl (C=O) groups excluding carboxylic acids is 1. The molecule has 5 rings (SSSR count).